The summed E-state index contributed by atoms with van der Waals surface area (Å²) in [5, 5.41) is 0. The Kier molecular flexibility index (Phi) is 2.71. The summed E-state index contributed by atoms with van der Waals surface area (Å²) in [6.07, 6.45) is 0. The van der Waals surface area contributed by atoms with Crippen LogP contribution in [0.5, 0.6) is 0 Å². The van der Waals surface area contributed by atoms with Gasteiger partial charge in [0.15, 0.2) is 0 Å². The summed E-state index contributed by atoms with van der Waals surface area (Å²) in [4.78, 5) is 0. The van der Waals surface area contributed by atoms with E-state index in [4.69, 9.17) is 11.5 Å². The smallest absolute Gasteiger partial charge is 0.298 e. The average Bonchev–Trinajstić information content (AvgIpc) is 2.29. The van der Waals surface area contributed by atoms with Gasteiger partial charge >= 0.3 is 0 Å². The molecule has 0 aliphatic heterocycles. The first-order valence-electron chi connectivity index (χ1n) is 5.10. The second kappa shape index (κ2) is 4.05. The van der Waals surface area contributed by atoms with Gasteiger partial charge in [0.1, 0.15) is 0 Å². The highest BCUT2D eigenvalue weighted by Gasteiger charge is 2.33. The van der Waals surface area contributed by atoms with Crippen LogP contribution in [0.3, 0.4) is 0 Å². The SMILES string of the molecule is Nc1ccc(C(F)(F)c2cccc(N)c2)cc1. The molecule has 2 rings (SSSR count). The number of benzene rings is 2. The van der Waals surface area contributed by atoms with Gasteiger partial charge in [-0.15, -0.1) is 0 Å². The van der Waals surface area contributed by atoms with Crippen molar-refractivity contribution in [2.75, 3.05) is 11.5 Å². The third-order valence-corrected chi connectivity index (χ3v) is 2.52. The van der Waals surface area contributed by atoms with Crippen LogP contribution >= 0.6 is 0 Å². The first-order valence-corrected chi connectivity index (χ1v) is 5.10. The highest BCUT2D eigenvalue weighted by Crippen LogP contribution is 2.36. The van der Waals surface area contributed by atoms with E-state index in [1.807, 2.05) is 0 Å². The first kappa shape index (κ1) is 11.4. The average molecular weight is 234 g/mol. The summed E-state index contributed by atoms with van der Waals surface area (Å²) in [5.74, 6) is -3.07. The van der Waals surface area contributed by atoms with Crippen molar-refractivity contribution in [3.63, 3.8) is 0 Å². The van der Waals surface area contributed by atoms with Gasteiger partial charge in [0.25, 0.3) is 5.92 Å². The van der Waals surface area contributed by atoms with Crippen LogP contribution in [0, 0.1) is 0 Å². The Balaban J connectivity index is 2.45. The third kappa shape index (κ3) is 2.20. The molecular formula is C13H12F2N2. The molecule has 0 atom stereocenters. The molecule has 0 amide bonds. The Morgan fingerprint density at radius 3 is 2.00 bits per heavy atom. The normalized spacial score (nSPS) is 11.4. The fraction of sp³-hybridized carbons (Fsp3) is 0.0769. The molecule has 0 aliphatic carbocycles. The van der Waals surface area contributed by atoms with Crippen LogP contribution in [0.4, 0.5) is 20.2 Å². The quantitative estimate of drug-likeness (QED) is 0.785. The van der Waals surface area contributed by atoms with Gasteiger partial charge in [-0.25, -0.2) is 0 Å². The Morgan fingerprint density at radius 1 is 0.765 bits per heavy atom. The molecule has 0 radical (unpaired) electrons. The molecule has 0 heterocycles. The van der Waals surface area contributed by atoms with Crippen LogP contribution in [0.25, 0.3) is 0 Å². The van der Waals surface area contributed by atoms with Crippen molar-refractivity contribution in [2.24, 2.45) is 0 Å². The number of nitrogen functional groups attached to an aromatic ring is 2. The number of hydrogen-bond acceptors (Lipinski definition) is 2. The van der Waals surface area contributed by atoms with E-state index in [2.05, 4.69) is 0 Å². The Labute approximate surface area is 97.9 Å². The molecule has 4 heteroatoms. The largest absolute Gasteiger partial charge is 0.399 e. The lowest BCUT2D eigenvalue weighted by molar-refractivity contribution is 0.0429. The Bertz CT molecular complexity index is 521. The van der Waals surface area contributed by atoms with Gasteiger partial charge in [-0.05, 0) is 24.3 Å². The van der Waals surface area contributed by atoms with E-state index in [-0.39, 0.29) is 11.1 Å². The number of nitrogens with two attached hydrogens (primary N) is 2. The molecule has 0 saturated heterocycles. The van der Waals surface area contributed by atoms with E-state index < -0.39 is 5.92 Å². The predicted molar refractivity (Wildman–Crippen MR) is 64.7 cm³/mol. The highest BCUT2D eigenvalue weighted by molar-refractivity contribution is 5.47. The standard InChI is InChI=1S/C13H12F2N2/c14-13(15,9-4-6-11(16)7-5-9)10-2-1-3-12(17)8-10/h1-8H,16-17H2. The van der Waals surface area contributed by atoms with Gasteiger partial charge in [0.2, 0.25) is 0 Å². The number of halogens is 2. The molecule has 2 aromatic carbocycles. The van der Waals surface area contributed by atoms with Crippen molar-refractivity contribution in [1.29, 1.82) is 0 Å². The summed E-state index contributed by atoms with van der Waals surface area (Å²) in [6.45, 7) is 0. The third-order valence-electron chi connectivity index (χ3n) is 2.52. The highest BCUT2D eigenvalue weighted by atomic mass is 19.3. The number of anilines is 2. The molecule has 4 N–H and O–H groups in total. The molecule has 0 aromatic heterocycles. The first-order chi connectivity index (χ1) is 8.00. The maximum atomic E-state index is 14.1. The van der Waals surface area contributed by atoms with Crippen LogP contribution in [-0.4, -0.2) is 0 Å². The zero-order valence-electron chi connectivity index (χ0n) is 9.03. The number of rotatable bonds is 2. The predicted octanol–water partition coefficient (Wildman–Crippen LogP) is 2.99. The zero-order chi connectivity index (χ0) is 12.5. The number of hydrogen-bond donors (Lipinski definition) is 2. The Morgan fingerprint density at radius 2 is 1.41 bits per heavy atom. The second-order valence-corrected chi connectivity index (χ2v) is 3.82. The van der Waals surface area contributed by atoms with Crippen LogP contribution in [0.1, 0.15) is 11.1 Å². The fourth-order valence-electron chi connectivity index (χ4n) is 1.59. The van der Waals surface area contributed by atoms with Gasteiger partial charge < -0.3 is 11.5 Å². The molecule has 17 heavy (non-hydrogen) atoms. The topological polar surface area (TPSA) is 52.0 Å². The number of alkyl halides is 2. The summed E-state index contributed by atoms with van der Waals surface area (Å²) < 4.78 is 28.2. The van der Waals surface area contributed by atoms with Crippen LogP contribution in [0.2, 0.25) is 0 Å². The summed E-state index contributed by atoms with van der Waals surface area (Å²) in [5.41, 5.74) is 11.5. The molecular weight excluding hydrogens is 222 g/mol. The van der Waals surface area contributed by atoms with Gasteiger partial charge in [0, 0.05) is 22.5 Å². The summed E-state index contributed by atoms with van der Waals surface area (Å²) in [6, 6.07) is 11.3. The van der Waals surface area contributed by atoms with Gasteiger partial charge in [-0.1, -0.05) is 24.3 Å². The van der Waals surface area contributed by atoms with Gasteiger partial charge in [0.05, 0.1) is 0 Å². The van der Waals surface area contributed by atoms with E-state index in [9.17, 15) is 8.78 Å². The Hall–Kier alpha value is -2.10. The fourth-order valence-corrected chi connectivity index (χ4v) is 1.59. The van der Waals surface area contributed by atoms with Crippen molar-refractivity contribution < 1.29 is 8.78 Å². The molecule has 0 saturated carbocycles. The molecule has 2 aromatic rings. The van der Waals surface area contributed by atoms with Crippen LogP contribution in [-0.2, 0) is 5.92 Å². The van der Waals surface area contributed by atoms with Crippen molar-refractivity contribution in [1.82, 2.24) is 0 Å². The van der Waals surface area contributed by atoms with E-state index in [1.54, 1.807) is 6.07 Å². The maximum absolute atomic E-state index is 14.1. The van der Waals surface area contributed by atoms with Gasteiger partial charge in [-0.3, -0.25) is 0 Å². The molecule has 0 aliphatic rings. The van der Waals surface area contributed by atoms with Crippen molar-refractivity contribution in [2.45, 2.75) is 5.92 Å². The van der Waals surface area contributed by atoms with E-state index >= 15 is 0 Å². The monoisotopic (exact) mass is 234 g/mol. The molecule has 0 unspecified atom stereocenters. The maximum Gasteiger partial charge on any atom is 0.298 e. The molecule has 0 spiro atoms. The van der Waals surface area contributed by atoms with E-state index in [0.717, 1.165) is 0 Å². The van der Waals surface area contributed by atoms with E-state index in [1.165, 1.54) is 42.5 Å². The van der Waals surface area contributed by atoms with Crippen LogP contribution < -0.4 is 11.5 Å². The zero-order valence-corrected chi connectivity index (χ0v) is 9.03. The van der Waals surface area contributed by atoms with Crippen molar-refractivity contribution in [3.8, 4) is 0 Å². The summed E-state index contributed by atoms with van der Waals surface area (Å²) in [7, 11) is 0. The van der Waals surface area contributed by atoms with Gasteiger partial charge in [-0.2, -0.15) is 8.78 Å². The lowest BCUT2D eigenvalue weighted by atomic mass is 10.00. The minimum atomic E-state index is -3.07. The van der Waals surface area contributed by atoms with Crippen molar-refractivity contribution in [3.05, 3.63) is 59.7 Å². The molecule has 88 valence electrons. The molecule has 0 fully saturated rings. The molecule has 0 bridgehead atoms. The minimum Gasteiger partial charge on any atom is -0.399 e. The lowest BCUT2D eigenvalue weighted by Gasteiger charge is -2.17. The van der Waals surface area contributed by atoms with E-state index in [0.29, 0.717) is 11.4 Å². The second-order valence-electron chi connectivity index (χ2n) is 3.82. The summed E-state index contributed by atoms with van der Waals surface area (Å²) >= 11 is 0. The lowest BCUT2D eigenvalue weighted by Crippen LogP contribution is -2.15. The van der Waals surface area contributed by atoms with Crippen LogP contribution in [0.15, 0.2) is 48.5 Å². The van der Waals surface area contributed by atoms with Crippen molar-refractivity contribution >= 4 is 11.4 Å². The molecule has 2 nitrogen and oxygen atoms in total. The minimum absolute atomic E-state index is 0.0997.